The summed E-state index contributed by atoms with van der Waals surface area (Å²) >= 11 is 1.42. The maximum absolute atomic E-state index is 12.5. The predicted octanol–water partition coefficient (Wildman–Crippen LogP) is 3.58. The highest BCUT2D eigenvalue weighted by atomic mass is 32.1. The molecule has 0 aromatic carbocycles. The number of nitrogens with zero attached hydrogens (tertiary/aromatic N) is 1. The summed E-state index contributed by atoms with van der Waals surface area (Å²) in [5.74, 6) is 0.532. The second-order valence-electron chi connectivity index (χ2n) is 5.86. The number of thiophene rings is 1. The van der Waals surface area contributed by atoms with E-state index in [0.29, 0.717) is 16.5 Å². The molecule has 0 saturated heterocycles. The van der Waals surface area contributed by atoms with Crippen molar-refractivity contribution in [3.8, 4) is 0 Å². The van der Waals surface area contributed by atoms with Gasteiger partial charge in [-0.2, -0.15) is 0 Å². The summed E-state index contributed by atoms with van der Waals surface area (Å²) in [6, 6.07) is 4.02. The molecule has 0 spiro atoms. The maximum atomic E-state index is 12.5. The Morgan fingerprint density at radius 1 is 1.43 bits per heavy atom. The van der Waals surface area contributed by atoms with Crippen molar-refractivity contribution in [1.29, 1.82) is 0 Å². The first kappa shape index (κ1) is 14.3. The molecular formula is C16H21N3OS. The average molecular weight is 303 g/mol. The van der Waals surface area contributed by atoms with Crippen molar-refractivity contribution < 1.29 is 4.79 Å². The highest BCUT2D eigenvalue weighted by molar-refractivity contribution is 7.21. The molecule has 5 heteroatoms. The van der Waals surface area contributed by atoms with Crippen LogP contribution in [0.4, 0.5) is 5.69 Å². The van der Waals surface area contributed by atoms with Crippen LogP contribution in [0.1, 0.15) is 48.7 Å². The number of rotatable bonds is 3. The van der Waals surface area contributed by atoms with Crippen LogP contribution in [0.2, 0.25) is 0 Å². The van der Waals surface area contributed by atoms with E-state index in [1.807, 2.05) is 12.1 Å². The number of anilines is 1. The number of carbonyl (C=O) groups excluding carboxylic acids is 1. The van der Waals surface area contributed by atoms with E-state index in [0.717, 1.165) is 10.2 Å². The molecule has 2 heterocycles. The number of nitrogens with two attached hydrogens (primary N) is 1. The summed E-state index contributed by atoms with van der Waals surface area (Å²) in [4.78, 5) is 17.3. The fourth-order valence-corrected chi connectivity index (χ4v) is 4.12. The monoisotopic (exact) mass is 303 g/mol. The van der Waals surface area contributed by atoms with Gasteiger partial charge in [-0.25, -0.2) is 0 Å². The van der Waals surface area contributed by atoms with Crippen LogP contribution in [0.5, 0.6) is 0 Å². The van der Waals surface area contributed by atoms with Gasteiger partial charge in [-0.1, -0.05) is 19.3 Å². The standard InChI is InChI=1S/C16H21N3OS/c1-10(11-6-3-2-4-7-11)19-16(20)15-13(17)14-12(21-15)8-5-9-18-14/h5,8-11H,2-4,6-7,17H2,1H3,(H,19,20). The second-order valence-corrected chi connectivity index (χ2v) is 6.91. The Morgan fingerprint density at radius 2 is 2.19 bits per heavy atom. The molecule has 1 fully saturated rings. The van der Waals surface area contributed by atoms with E-state index in [-0.39, 0.29) is 11.9 Å². The zero-order chi connectivity index (χ0) is 14.8. The van der Waals surface area contributed by atoms with Gasteiger partial charge in [0.05, 0.1) is 10.4 Å². The van der Waals surface area contributed by atoms with Gasteiger partial charge in [0.15, 0.2) is 0 Å². The van der Waals surface area contributed by atoms with Crippen molar-refractivity contribution in [2.75, 3.05) is 5.73 Å². The normalized spacial score (nSPS) is 17.8. The van der Waals surface area contributed by atoms with Crippen molar-refractivity contribution in [1.82, 2.24) is 10.3 Å². The molecule has 2 aromatic rings. The van der Waals surface area contributed by atoms with Crippen LogP contribution in [-0.2, 0) is 0 Å². The van der Waals surface area contributed by atoms with Crippen molar-refractivity contribution in [3.05, 3.63) is 23.2 Å². The quantitative estimate of drug-likeness (QED) is 0.910. The van der Waals surface area contributed by atoms with Gasteiger partial charge in [-0.15, -0.1) is 11.3 Å². The minimum absolute atomic E-state index is 0.0615. The molecule has 112 valence electrons. The van der Waals surface area contributed by atoms with Crippen LogP contribution in [0.3, 0.4) is 0 Å². The molecule has 3 rings (SSSR count). The van der Waals surface area contributed by atoms with E-state index < -0.39 is 0 Å². The molecular weight excluding hydrogens is 282 g/mol. The number of fused-ring (bicyclic) bond motifs is 1. The lowest BCUT2D eigenvalue weighted by atomic mass is 9.84. The van der Waals surface area contributed by atoms with Gasteiger partial charge in [0.2, 0.25) is 0 Å². The van der Waals surface area contributed by atoms with Crippen LogP contribution < -0.4 is 11.1 Å². The topological polar surface area (TPSA) is 68.0 Å². The Labute approximate surface area is 128 Å². The Hall–Kier alpha value is -1.62. The Kier molecular flexibility index (Phi) is 4.10. The second kappa shape index (κ2) is 6.02. The van der Waals surface area contributed by atoms with E-state index in [4.69, 9.17) is 5.73 Å². The van der Waals surface area contributed by atoms with E-state index in [1.54, 1.807) is 6.20 Å². The minimum atomic E-state index is -0.0615. The SMILES string of the molecule is CC(NC(=O)c1sc2cccnc2c1N)C1CCCCC1. The molecule has 4 nitrogen and oxygen atoms in total. The molecule has 21 heavy (non-hydrogen) atoms. The maximum Gasteiger partial charge on any atom is 0.263 e. The fraction of sp³-hybridized carbons (Fsp3) is 0.500. The molecule has 1 unspecified atom stereocenters. The lowest BCUT2D eigenvalue weighted by Gasteiger charge is -2.28. The highest BCUT2D eigenvalue weighted by Gasteiger charge is 2.24. The molecule has 1 aliphatic carbocycles. The number of hydrogen-bond acceptors (Lipinski definition) is 4. The van der Waals surface area contributed by atoms with Crippen LogP contribution in [0.25, 0.3) is 10.2 Å². The highest BCUT2D eigenvalue weighted by Crippen LogP contribution is 2.32. The lowest BCUT2D eigenvalue weighted by molar-refractivity contribution is 0.0924. The molecule has 2 aromatic heterocycles. The zero-order valence-electron chi connectivity index (χ0n) is 12.3. The summed E-state index contributed by atoms with van der Waals surface area (Å²) in [6.07, 6.45) is 8.01. The van der Waals surface area contributed by atoms with Gasteiger partial charge in [0.1, 0.15) is 10.4 Å². The first-order valence-electron chi connectivity index (χ1n) is 7.60. The molecule has 0 aliphatic heterocycles. The number of aromatic nitrogens is 1. The molecule has 3 N–H and O–H groups in total. The Morgan fingerprint density at radius 3 is 2.90 bits per heavy atom. The summed E-state index contributed by atoms with van der Waals surface area (Å²) in [7, 11) is 0. The third-order valence-corrected chi connectivity index (χ3v) is 5.56. The lowest BCUT2D eigenvalue weighted by Crippen LogP contribution is -2.38. The van der Waals surface area contributed by atoms with Crippen LogP contribution in [-0.4, -0.2) is 16.9 Å². The van der Waals surface area contributed by atoms with Gasteiger partial charge in [0.25, 0.3) is 5.91 Å². The van der Waals surface area contributed by atoms with Crippen LogP contribution in [0, 0.1) is 5.92 Å². The van der Waals surface area contributed by atoms with Gasteiger partial charge >= 0.3 is 0 Å². The summed E-state index contributed by atoms with van der Waals surface area (Å²) in [6.45, 7) is 2.11. The molecule has 1 atom stereocenters. The summed E-state index contributed by atoms with van der Waals surface area (Å²) in [5.41, 5.74) is 7.32. The first-order valence-corrected chi connectivity index (χ1v) is 8.42. The first-order chi connectivity index (χ1) is 10.2. The Balaban J connectivity index is 1.75. The molecule has 0 bridgehead atoms. The van der Waals surface area contributed by atoms with E-state index in [2.05, 4.69) is 17.2 Å². The molecule has 0 radical (unpaired) electrons. The van der Waals surface area contributed by atoms with Gasteiger partial charge in [-0.3, -0.25) is 9.78 Å². The van der Waals surface area contributed by atoms with E-state index >= 15 is 0 Å². The van der Waals surface area contributed by atoms with Crippen molar-refractivity contribution >= 4 is 33.1 Å². The van der Waals surface area contributed by atoms with Gasteiger partial charge in [-0.05, 0) is 37.8 Å². The number of amides is 1. The van der Waals surface area contributed by atoms with Crippen molar-refractivity contribution in [3.63, 3.8) is 0 Å². The number of nitrogens with one attached hydrogen (secondary N) is 1. The number of nitrogen functional groups attached to an aromatic ring is 1. The van der Waals surface area contributed by atoms with Crippen LogP contribution in [0.15, 0.2) is 18.3 Å². The van der Waals surface area contributed by atoms with E-state index in [9.17, 15) is 4.79 Å². The number of carbonyl (C=O) groups is 1. The summed E-state index contributed by atoms with van der Waals surface area (Å²) < 4.78 is 0.963. The van der Waals surface area contributed by atoms with Crippen molar-refractivity contribution in [2.45, 2.75) is 45.1 Å². The predicted molar refractivity (Wildman–Crippen MR) is 87.5 cm³/mol. The number of pyridine rings is 1. The molecule has 1 saturated carbocycles. The third kappa shape index (κ3) is 2.88. The van der Waals surface area contributed by atoms with Crippen molar-refractivity contribution in [2.24, 2.45) is 5.92 Å². The van der Waals surface area contributed by atoms with Gasteiger partial charge in [0, 0.05) is 12.2 Å². The summed E-state index contributed by atoms with van der Waals surface area (Å²) in [5, 5.41) is 3.13. The average Bonchev–Trinajstić information content (AvgIpc) is 2.86. The molecule has 1 aliphatic rings. The largest absolute Gasteiger partial charge is 0.396 e. The Bertz CT molecular complexity index is 646. The molecule has 1 amide bonds. The van der Waals surface area contributed by atoms with E-state index in [1.165, 1.54) is 43.4 Å². The number of hydrogen-bond donors (Lipinski definition) is 2. The fourth-order valence-electron chi connectivity index (χ4n) is 3.14. The third-order valence-electron chi connectivity index (χ3n) is 4.40. The smallest absolute Gasteiger partial charge is 0.263 e. The van der Waals surface area contributed by atoms with Gasteiger partial charge < -0.3 is 11.1 Å². The van der Waals surface area contributed by atoms with Crippen LogP contribution >= 0.6 is 11.3 Å². The minimum Gasteiger partial charge on any atom is -0.396 e. The zero-order valence-corrected chi connectivity index (χ0v) is 13.1.